The number of amides is 1. The molecule has 0 spiro atoms. The highest BCUT2D eigenvalue weighted by Gasteiger charge is 2.16. The van der Waals surface area contributed by atoms with Crippen LogP contribution in [0.25, 0.3) is 11.0 Å². The lowest BCUT2D eigenvalue weighted by Crippen LogP contribution is -2.26. The fraction of sp³-hybridized carbons (Fsp3) is 0.174. The summed E-state index contributed by atoms with van der Waals surface area (Å²) in [4.78, 5) is 22.6. The summed E-state index contributed by atoms with van der Waals surface area (Å²) in [5.41, 5.74) is 9.46. The predicted octanol–water partition coefficient (Wildman–Crippen LogP) is 2.91. The van der Waals surface area contributed by atoms with Crippen molar-refractivity contribution in [2.45, 2.75) is 12.4 Å². The Balaban J connectivity index is 1.53. The van der Waals surface area contributed by atoms with Crippen molar-refractivity contribution in [1.82, 2.24) is 14.5 Å². The summed E-state index contributed by atoms with van der Waals surface area (Å²) in [5.74, 6) is 0.239. The van der Waals surface area contributed by atoms with Gasteiger partial charge >= 0.3 is 0 Å². The van der Waals surface area contributed by atoms with Gasteiger partial charge in [-0.05, 0) is 35.9 Å². The van der Waals surface area contributed by atoms with Crippen LogP contribution in [-0.4, -0.2) is 42.2 Å². The van der Waals surface area contributed by atoms with Gasteiger partial charge in [0, 0.05) is 36.9 Å². The van der Waals surface area contributed by atoms with Crippen molar-refractivity contribution in [2.24, 2.45) is 5.73 Å². The van der Waals surface area contributed by atoms with Gasteiger partial charge < -0.3 is 20.5 Å². The standard InChI is InChI=1S/C23H24N6O3S/c1-28(15-29-20-6-4-3-5-19(20)27-23(29)22(24)30)18-11-12-25-21(13-18)26-17-9-7-16(8-10-17)14-33(2,31)32/h3-13H,14-15H2,1-2H3,(H2,24,30)(H,25,26). The third kappa shape index (κ3) is 5.29. The average molecular weight is 465 g/mol. The van der Waals surface area contributed by atoms with Gasteiger partial charge in [-0.25, -0.2) is 18.4 Å². The molecule has 10 heteroatoms. The first-order chi connectivity index (χ1) is 15.7. The van der Waals surface area contributed by atoms with Crippen LogP contribution in [0, 0.1) is 0 Å². The number of pyridine rings is 1. The zero-order valence-electron chi connectivity index (χ0n) is 18.3. The van der Waals surface area contributed by atoms with Gasteiger partial charge in [-0.3, -0.25) is 4.79 Å². The first-order valence-corrected chi connectivity index (χ1v) is 12.2. The Morgan fingerprint density at radius 3 is 2.55 bits per heavy atom. The number of imidazole rings is 1. The van der Waals surface area contributed by atoms with E-state index in [1.54, 1.807) is 22.9 Å². The van der Waals surface area contributed by atoms with Gasteiger partial charge in [0.1, 0.15) is 5.82 Å². The molecule has 0 bridgehead atoms. The van der Waals surface area contributed by atoms with Crippen LogP contribution in [0.3, 0.4) is 0 Å². The molecule has 2 aromatic heterocycles. The average Bonchev–Trinajstić information content (AvgIpc) is 3.13. The summed E-state index contributed by atoms with van der Waals surface area (Å²) in [6.45, 7) is 0.364. The number of rotatable bonds is 8. The molecule has 0 unspecified atom stereocenters. The van der Waals surface area contributed by atoms with Gasteiger partial charge in [0.05, 0.1) is 23.5 Å². The zero-order valence-corrected chi connectivity index (χ0v) is 19.1. The van der Waals surface area contributed by atoms with Gasteiger partial charge in [0.2, 0.25) is 5.82 Å². The van der Waals surface area contributed by atoms with Gasteiger partial charge in [0.25, 0.3) is 5.91 Å². The summed E-state index contributed by atoms with van der Waals surface area (Å²) in [6.07, 6.45) is 2.90. The number of para-hydroxylation sites is 2. The Morgan fingerprint density at radius 1 is 1.12 bits per heavy atom. The largest absolute Gasteiger partial charge is 0.363 e. The molecule has 33 heavy (non-hydrogen) atoms. The van der Waals surface area contributed by atoms with E-state index < -0.39 is 15.7 Å². The normalized spacial score (nSPS) is 11.5. The molecule has 0 aliphatic heterocycles. The van der Waals surface area contributed by atoms with Crippen molar-refractivity contribution < 1.29 is 13.2 Å². The summed E-state index contributed by atoms with van der Waals surface area (Å²) in [6, 6.07) is 18.4. The van der Waals surface area contributed by atoms with E-state index in [2.05, 4.69) is 15.3 Å². The molecule has 0 radical (unpaired) electrons. The Morgan fingerprint density at radius 2 is 1.85 bits per heavy atom. The molecule has 0 aliphatic carbocycles. The van der Waals surface area contributed by atoms with E-state index in [1.165, 1.54) is 6.26 Å². The molecular weight excluding hydrogens is 440 g/mol. The van der Waals surface area contributed by atoms with Crippen molar-refractivity contribution in [3.63, 3.8) is 0 Å². The zero-order chi connectivity index (χ0) is 23.6. The molecule has 0 fully saturated rings. The lowest BCUT2D eigenvalue weighted by atomic mass is 10.2. The van der Waals surface area contributed by atoms with E-state index in [0.717, 1.165) is 22.5 Å². The van der Waals surface area contributed by atoms with Crippen molar-refractivity contribution in [3.05, 3.63) is 78.2 Å². The highest BCUT2D eigenvalue weighted by atomic mass is 32.2. The fourth-order valence-electron chi connectivity index (χ4n) is 3.56. The molecule has 0 aliphatic rings. The molecule has 3 N–H and O–H groups in total. The highest BCUT2D eigenvalue weighted by Crippen LogP contribution is 2.23. The van der Waals surface area contributed by atoms with Crippen LogP contribution in [-0.2, 0) is 22.3 Å². The summed E-state index contributed by atoms with van der Waals surface area (Å²) in [7, 11) is -1.18. The van der Waals surface area contributed by atoms with E-state index >= 15 is 0 Å². The van der Waals surface area contributed by atoms with Crippen LogP contribution < -0.4 is 16.0 Å². The summed E-state index contributed by atoms with van der Waals surface area (Å²) >= 11 is 0. The summed E-state index contributed by atoms with van der Waals surface area (Å²) < 4.78 is 24.7. The number of fused-ring (bicyclic) bond motifs is 1. The first-order valence-electron chi connectivity index (χ1n) is 10.2. The molecule has 9 nitrogen and oxygen atoms in total. The number of nitrogens with one attached hydrogen (secondary N) is 1. The topological polar surface area (TPSA) is 123 Å². The maximum absolute atomic E-state index is 11.9. The number of carbonyl (C=O) groups excluding carboxylic acids is 1. The second-order valence-electron chi connectivity index (χ2n) is 7.85. The van der Waals surface area contributed by atoms with Crippen molar-refractivity contribution in [1.29, 1.82) is 0 Å². The SMILES string of the molecule is CN(Cn1c(C(N)=O)nc2ccccc21)c1ccnc(Nc2ccc(CS(C)(=O)=O)cc2)c1. The minimum atomic E-state index is -3.08. The van der Waals surface area contributed by atoms with Crippen LogP contribution in [0.5, 0.6) is 0 Å². The second-order valence-corrected chi connectivity index (χ2v) is 9.99. The van der Waals surface area contributed by atoms with Crippen LogP contribution in [0.1, 0.15) is 16.2 Å². The third-order valence-electron chi connectivity index (χ3n) is 5.07. The van der Waals surface area contributed by atoms with E-state index in [-0.39, 0.29) is 11.6 Å². The minimum Gasteiger partial charge on any atom is -0.363 e. The van der Waals surface area contributed by atoms with Crippen LogP contribution in [0.2, 0.25) is 0 Å². The number of hydrogen-bond acceptors (Lipinski definition) is 7. The number of sulfone groups is 1. The number of hydrogen-bond donors (Lipinski definition) is 2. The maximum Gasteiger partial charge on any atom is 0.284 e. The molecule has 0 saturated carbocycles. The molecule has 2 aromatic carbocycles. The monoisotopic (exact) mass is 464 g/mol. The minimum absolute atomic E-state index is 0.00202. The lowest BCUT2D eigenvalue weighted by molar-refractivity contribution is 0.0987. The van der Waals surface area contributed by atoms with Crippen molar-refractivity contribution in [2.75, 3.05) is 23.5 Å². The quantitative estimate of drug-likeness (QED) is 0.411. The number of benzene rings is 2. The van der Waals surface area contributed by atoms with Crippen LogP contribution in [0.15, 0.2) is 66.9 Å². The predicted molar refractivity (Wildman–Crippen MR) is 129 cm³/mol. The summed E-state index contributed by atoms with van der Waals surface area (Å²) in [5, 5.41) is 3.23. The van der Waals surface area contributed by atoms with Gasteiger partial charge in [-0.2, -0.15) is 0 Å². The Labute approximate surface area is 191 Å². The third-order valence-corrected chi connectivity index (χ3v) is 5.93. The lowest BCUT2D eigenvalue weighted by Gasteiger charge is -2.22. The second kappa shape index (κ2) is 8.91. The smallest absolute Gasteiger partial charge is 0.284 e. The molecule has 0 atom stereocenters. The number of anilines is 3. The first kappa shape index (κ1) is 22.3. The molecular formula is C23H24N6O3S. The van der Waals surface area contributed by atoms with Gasteiger partial charge in [-0.15, -0.1) is 0 Å². The number of aromatic nitrogens is 3. The highest BCUT2D eigenvalue weighted by molar-refractivity contribution is 7.89. The van der Waals surface area contributed by atoms with E-state index in [1.807, 2.05) is 60.5 Å². The molecule has 170 valence electrons. The molecule has 1 amide bonds. The van der Waals surface area contributed by atoms with Crippen molar-refractivity contribution >= 4 is 44.0 Å². The van der Waals surface area contributed by atoms with Gasteiger partial charge in [-0.1, -0.05) is 24.3 Å². The Hall–Kier alpha value is -3.92. The van der Waals surface area contributed by atoms with Gasteiger partial charge in [0.15, 0.2) is 9.84 Å². The Bertz CT molecular complexity index is 1410. The van der Waals surface area contributed by atoms with E-state index in [0.29, 0.717) is 18.0 Å². The van der Waals surface area contributed by atoms with Crippen LogP contribution >= 0.6 is 0 Å². The number of nitrogens with zero attached hydrogens (tertiary/aromatic N) is 4. The number of primary amides is 1. The molecule has 4 rings (SSSR count). The number of carbonyl (C=O) groups is 1. The van der Waals surface area contributed by atoms with E-state index in [9.17, 15) is 13.2 Å². The number of nitrogens with two attached hydrogens (primary N) is 1. The Kier molecular flexibility index (Phi) is 6.01. The molecule has 4 aromatic rings. The molecule has 2 heterocycles. The maximum atomic E-state index is 11.9. The van der Waals surface area contributed by atoms with E-state index in [4.69, 9.17) is 5.73 Å². The molecule has 0 saturated heterocycles. The van der Waals surface area contributed by atoms with Crippen LogP contribution in [0.4, 0.5) is 17.2 Å². The van der Waals surface area contributed by atoms with Crippen molar-refractivity contribution in [3.8, 4) is 0 Å². The fourth-order valence-corrected chi connectivity index (χ4v) is 4.36.